The van der Waals surface area contributed by atoms with E-state index in [4.69, 9.17) is 4.74 Å². The first-order valence-corrected chi connectivity index (χ1v) is 6.45. The third-order valence-corrected chi connectivity index (χ3v) is 2.55. The molecule has 0 aliphatic heterocycles. The van der Waals surface area contributed by atoms with Crippen molar-refractivity contribution in [3.8, 4) is 0 Å². The van der Waals surface area contributed by atoms with Crippen molar-refractivity contribution in [1.29, 1.82) is 0 Å². The number of carbonyl (C=O) groups is 1. The fourth-order valence-corrected chi connectivity index (χ4v) is 1.80. The minimum atomic E-state index is -0.962. The van der Waals surface area contributed by atoms with Gasteiger partial charge in [-0.1, -0.05) is 13.8 Å². The molecule has 0 aliphatic carbocycles. The summed E-state index contributed by atoms with van der Waals surface area (Å²) in [6.07, 6.45) is 0. The van der Waals surface area contributed by atoms with Crippen molar-refractivity contribution in [2.45, 2.75) is 27.7 Å². The lowest BCUT2D eigenvalue weighted by molar-refractivity contribution is 0.0696. The van der Waals surface area contributed by atoms with Crippen LogP contribution in [-0.2, 0) is 4.74 Å². The molecule has 19 heavy (non-hydrogen) atoms. The lowest BCUT2D eigenvalue weighted by Crippen LogP contribution is -2.16. The zero-order chi connectivity index (χ0) is 14.4. The standard InChI is InChI=1S/C14H22N2O3/c1-9(2)8-19-6-5-15-13-12(14(17)18)10(3)7-11(4)16-13/h7,9H,5-6,8H2,1-4H3,(H,15,16)(H,17,18). The van der Waals surface area contributed by atoms with Crippen LogP contribution in [0.2, 0.25) is 0 Å². The Morgan fingerprint density at radius 1 is 1.47 bits per heavy atom. The average molecular weight is 266 g/mol. The quantitative estimate of drug-likeness (QED) is 0.742. The van der Waals surface area contributed by atoms with Crippen LogP contribution in [0.25, 0.3) is 0 Å². The Morgan fingerprint density at radius 3 is 2.74 bits per heavy atom. The molecule has 1 rings (SSSR count). The minimum absolute atomic E-state index is 0.231. The van der Waals surface area contributed by atoms with E-state index in [0.717, 1.165) is 5.69 Å². The molecule has 0 atom stereocenters. The lowest BCUT2D eigenvalue weighted by atomic mass is 10.1. The fraction of sp³-hybridized carbons (Fsp3) is 0.571. The minimum Gasteiger partial charge on any atom is -0.478 e. The Morgan fingerprint density at radius 2 is 2.16 bits per heavy atom. The summed E-state index contributed by atoms with van der Waals surface area (Å²) in [7, 11) is 0. The molecule has 5 nitrogen and oxygen atoms in total. The van der Waals surface area contributed by atoms with Gasteiger partial charge in [-0.15, -0.1) is 0 Å². The van der Waals surface area contributed by atoms with Crippen molar-refractivity contribution in [3.05, 3.63) is 22.9 Å². The number of carboxylic acids is 1. The molecule has 5 heteroatoms. The van der Waals surface area contributed by atoms with E-state index in [-0.39, 0.29) is 5.56 Å². The second kappa shape index (κ2) is 7.09. The van der Waals surface area contributed by atoms with E-state index in [1.807, 2.05) is 6.92 Å². The maximum atomic E-state index is 11.2. The third kappa shape index (κ3) is 4.87. The van der Waals surface area contributed by atoms with E-state index < -0.39 is 5.97 Å². The Kier molecular flexibility index (Phi) is 5.76. The lowest BCUT2D eigenvalue weighted by Gasteiger charge is -2.12. The van der Waals surface area contributed by atoms with Crippen LogP contribution >= 0.6 is 0 Å². The molecule has 0 aromatic carbocycles. The number of nitrogens with zero attached hydrogens (tertiary/aromatic N) is 1. The van der Waals surface area contributed by atoms with Crippen LogP contribution in [0, 0.1) is 19.8 Å². The van der Waals surface area contributed by atoms with Crippen LogP contribution in [0.1, 0.15) is 35.5 Å². The average Bonchev–Trinajstić information content (AvgIpc) is 2.26. The number of hydrogen-bond acceptors (Lipinski definition) is 4. The summed E-state index contributed by atoms with van der Waals surface area (Å²) in [5.41, 5.74) is 1.74. The van der Waals surface area contributed by atoms with Gasteiger partial charge in [0, 0.05) is 18.8 Å². The molecule has 0 saturated carbocycles. The largest absolute Gasteiger partial charge is 0.478 e. The zero-order valence-electron chi connectivity index (χ0n) is 12.0. The summed E-state index contributed by atoms with van der Waals surface area (Å²) in [5.74, 6) is -0.0531. The zero-order valence-corrected chi connectivity index (χ0v) is 12.0. The fourth-order valence-electron chi connectivity index (χ4n) is 1.80. The molecule has 1 aromatic rings. The highest BCUT2D eigenvalue weighted by atomic mass is 16.5. The number of aromatic nitrogens is 1. The monoisotopic (exact) mass is 266 g/mol. The van der Waals surface area contributed by atoms with Gasteiger partial charge in [-0.25, -0.2) is 9.78 Å². The molecular weight excluding hydrogens is 244 g/mol. The highest BCUT2D eigenvalue weighted by Crippen LogP contribution is 2.18. The van der Waals surface area contributed by atoms with Crippen LogP contribution in [0.5, 0.6) is 0 Å². The second-order valence-corrected chi connectivity index (χ2v) is 5.00. The molecule has 0 fully saturated rings. The summed E-state index contributed by atoms with van der Waals surface area (Å²) in [4.78, 5) is 15.5. The van der Waals surface area contributed by atoms with E-state index in [1.165, 1.54) is 0 Å². The Bertz CT molecular complexity index is 445. The highest BCUT2D eigenvalue weighted by molar-refractivity contribution is 5.94. The first-order valence-electron chi connectivity index (χ1n) is 6.45. The SMILES string of the molecule is Cc1cc(C)c(C(=O)O)c(NCCOCC(C)C)n1. The van der Waals surface area contributed by atoms with E-state index in [1.54, 1.807) is 13.0 Å². The topological polar surface area (TPSA) is 71.5 Å². The van der Waals surface area contributed by atoms with Gasteiger partial charge < -0.3 is 15.2 Å². The van der Waals surface area contributed by atoms with E-state index in [0.29, 0.717) is 37.1 Å². The van der Waals surface area contributed by atoms with Crippen molar-refractivity contribution in [2.24, 2.45) is 5.92 Å². The van der Waals surface area contributed by atoms with Gasteiger partial charge >= 0.3 is 5.97 Å². The molecule has 0 bridgehead atoms. The smallest absolute Gasteiger partial charge is 0.339 e. The molecule has 1 heterocycles. The van der Waals surface area contributed by atoms with Crippen molar-refractivity contribution in [2.75, 3.05) is 25.1 Å². The predicted octanol–water partition coefficient (Wildman–Crippen LogP) is 2.48. The molecule has 1 aromatic heterocycles. The molecule has 0 unspecified atom stereocenters. The van der Waals surface area contributed by atoms with Gasteiger partial charge in [-0.05, 0) is 31.4 Å². The molecule has 0 spiro atoms. The first kappa shape index (κ1) is 15.4. The number of pyridine rings is 1. The summed E-state index contributed by atoms with van der Waals surface area (Å²) in [6, 6.07) is 1.77. The first-order chi connectivity index (χ1) is 8.91. The summed E-state index contributed by atoms with van der Waals surface area (Å²) in [6.45, 7) is 9.57. The van der Waals surface area contributed by atoms with Gasteiger partial charge in [-0.3, -0.25) is 0 Å². The normalized spacial score (nSPS) is 10.8. The summed E-state index contributed by atoms with van der Waals surface area (Å²) < 4.78 is 5.44. The maximum absolute atomic E-state index is 11.2. The highest BCUT2D eigenvalue weighted by Gasteiger charge is 2.15. The van der Waals surface area contributed by atoms with Crippen molar-refractivity contribution in [1.82, 2.24) is 4.98 Å². The van der Waals surface area contributed by atoms with Crippen LogP contribution in [-0.4, -0.2) is 35.8 Å². The maximum Gasteiger partial charge on any atom is 0.339 e. The summed E-state index contributed by atoms with van der Waals surface area (Å²) >= 11 is 0. The van der Waals surface area contributed by atoms with Crippen LogP contribution in [0.3, 0.4) is 0 Å². The van der Waals surface area contributed by atoms with E-state index in [2.05, 4.69) is 24.1 Å². The molecule has 0 aliphatic rings. The van der Waals surface area contributed by atoms with Crippen LogP contribution < -0.4 is 5.32 Å². The Labute approximate surface area is 114 Å². The number of rotatable bonds is 7. The van der Waals surface area contributed by atoms with Gasteiger partial charge in [0.2, 0.25) is 0 Å². The Balaban J connectivity index is 2.64. The van der Waals surface area contributed by atoms with Gasteiger partial charge in [0.05, 0.1) is 6.61 Å². The molecule has 0 amide bonds. The molecule has 2 N–H and O–H groups in total. The van der Waals surface area contributed by atoms with Crippen molar-refractivity contribution < 1.29 is 14.6 Å². The number of nitrogens with one attached hydrogen (secondary N) is 1. The van der Waals surface area contributed by atoms with Gasteiger partial charge in [-0.2, -0.15) is 0 Å². The molecular formula is C14H22N2O3. The summed E-state index contributed by atoms with van der Waals surface area (Å²) in [5, 5.41) is 12.2. The number of carboxylic acid groups (broad SMARTS) is 1. The number of aryl methyl sites for hydroxylation is 2. The molecule has 0 radical (unpaired) electrons. The van der Waals surface area contributed by atoms with E-state index >= 15 is 0 Å². The number of anilines is 1. The Hall–Kier alpha value is -1.62. The second-order valence-electron chi connectivity index (χ2n) is 5.00. The molecule has 106 valence electrons. The molecule has 0 saturated heterocycles. The predicted molar refractivity (Wildman–Crippen MR) is 74.8 cm³/mol. The van der Waals surface area contributed by atoms with Crippen molar-refractivity contribution in [3.63, 3.8) is 0 Å². The van der Waals surface area contributed by atoms with Gasteiger partial charge in [0.1, 0.15) is 11.4 Å². The van der Waals surface area contributed by atoms with Gasteiger partial charge in [0.15, 0.2) is 0 Å². The third-order valence-electron chi connectivity index (χ3n) is 2.55. The van der Waals surface area contributed by atoms with Crippen LogP contribution in [0.15, 0.2) is 6.07 Å². The number of hydrogen-bond donors (Lipinski definition) is 2. The van der Waals surface area contributed by atoms with Crippen molar-refractivity contribution >= 4 is 11.8 Å². The van der Waals surface area contributed by atoms with Crippen LogP contribution in [0.4, 0.5) is 5.82 Å². The van der Waals surface area contributed by atoms with E-state index in [9.17, 15) is 9.90 Å². The number of ether oxygens (including phenoxy) is 1. The van der Waals surface area contributed by atoms with Gasteiger partial charge in [0.25, 0.3) is 0 Å². The number of aromatic carboxylic acids is 1.